The fourth-order valence-electron chi connectivity index (χ4n) is 1.94. The van der Waals surface area contributed by atoms with Crippen molar-refractivity contribution >= 4 is 5.91 Å². The van der Waals surface area contributed by atoms with Crippen molar-refractivity contribution in [2.45, 2.75) is 53.1 Å². The van der Waals surface area contributed by atoms with Crippen LogP contribution in [0.4, 0.5) is 0 Å². The van der Waals surface area contributed by atoms with E-state index in [4.69, 9.17) is 5.73 Å². The lowest BCUT2D eigenvalue weighted by molar-refractivity contribution is 0.0928. The van der Waals surface area contributed by atoms with Crippen molar-refractivity contribution < 1.29 is 4.79 Å². The van der Waals surface area contributed by atoms with Crippen LogP contribution in [0.3, 0.4) is 0 Å². The summed E-state index contributed by atoms with van der Waals surface area (Å²) in [5.41, 5.74) is 6.04. The molecule has 6 nitrogen and oxygen atoms in total. The molecule has 3 N–H and O–H groups in total. The lowest BCUT2D eigenvalue weighted by atomic mass is 10.0. The molecule has 0 bridgehead atoms. The molecule has 114 valence electrons. The summed E-state index contributed by atoms with van der Waals surface area (Å²) in [5, 5.41) is 10.8. The molecule has 0 aliphatic heterocycles. The molecular formula is C14H27N5O. The van der Waals surface area contributed by atoms with Crippen molar-refractivity contribution in [1.29, 1.82) is 0 Å². The highest BCUT2D eigenvalue weighted by molar-refractivity contribution is 5.92. The molecule has 0 aliphatic carbocycles. The van der Waals surface area contributed by atoms with Gasteiger partial charge in [0.1, 0.15) is 0 Å². The third kappa shape index (κ3) is 5.69. The second-order valence-electron chi connectivity index (χ2n) is 6.09. The second kappa shape index (κ2) is 7.99. The van der Waals surface area contributed by atoms with Gasteiger partial charge in [-0.15, -0.1) is 5.10 Å². The van der Waals surface area contributed by atoms with E-state index in [2.05, 4.69) is 43.3 Å². The normalized spacial score (nSPS) is 12.9. The Morgan fingerprint density at radius 3 is 2.60 bits per heavy atom. The van der Waals surface area contributed by atoms with E-state index < -0.39 is 0 Å². The van der Waals surface area contributed by atoms with Crippen molar-refractivity contribution in [3.8, 4) is 0 Å². The highest BCUT2D eigenvalue weighted by Gasteiger charge is 2.16. The number of aromatic nitrogens is 3. The summed E-state index contributed by atoms with van der Waals surface area (Å²) in [6, 6.07) is -0.0108. The molecule has 20 heavy (non-hydrogen) atoms. The van der Waals surface area contributed by atoms with E-state index in [1.807, 2.05) is 0 Å². The number of nitrogens with one attached hydrogen (secondary N) is 1. The Morgan fingerprint density at radius 1 is 1.35 bits per heavy atom. The van der Waals surface area contributed by atoms with Crippen molar-refractivity contribution in [3.63, 3.8) is 0 Å². The Hall–Kier alpha value is -1.43. The maximum absolute atomic E-state index is 12.1. The van der Waals surface area contributed by atoms with Gasteiger partial charge in [-0.2, -0.15) is 0 Å². The van der Waals surface area contributed by atoms with Crippen LogP contribution >= 0.6 is 0 Å². The number of rotatable bonds is 8. The standard InChI is InChI=1S/C14H27N5O/c1-10(2)5-6-19-9-13(17-18-19)14(20)16-12(8-15)7-11(3)4/h9-12H,5-8,15H2,1-4H3,(H,16,20). The van der Waals surface area contributed by atoms with Gasteiger partial charge < -0.3 is 11.1 Å². The molecule has 0 aromatic carbocycles. The summed E-state index contributed by atoms with van der Waals surface area (Å²) in [7, 11) is 0. The van der Waals surface area contributed by atoms with Crippen molar-refractivity contribution in [2.75, 3.05) is 6.54 Å². The maximum atomic E-state index is 12.1. The van der Waals surface area contributed by atoms with Gasteiger partial charge in [-0.1, -0.05) is 32.9 Å². The van der Waals surface area contributed by atoms with Crippen LogP contribution in [0, 0.1) is 11.8 Å². The number of amides is 1. The number of hydrogen-bond acceptors (Lipinski definition) is 4. The first-order valence-electron chi connectivity index (χ1n) is 7.33. The fraction of sp³-hybridized carbons (Fsp3) is 0.786. The molecule has 0 fully saturated rings. The Balaban J connectivity index is 2.54. The number of hydrogen-bond donors (Lipinski definition) is 2. The Labute approximate surface area is 121 Å². The van der Waals surface area contributed by atoms with Gasteiger partial charge in [0.2, 0.25) is 0 Å². The highest BCUT2D eigenvalue weighted by Crippen LogP contribution is 2.05. The lowest BCUT2D eigenvalue weighted by Crippen LogP contribution is -2.41. The van der Waals surface area contributed by atoms with E-state index in [-0.39, 0.29) is 11.9 Å². The zero-order valence-corrected chi connectivity index (χ0v) is 13.0. The Bertz CT molecular complexity index is 413. The minimum atomic E-state index is -0.197. The van der Waals surface area contributed by atoms with Gasteiger partial charge >= 0.3 is 0 Å². The first-order chi connectivity index (χ1) is 9.42. The molecule has 1 rings (SSSR count). The third-order valence-corrected chi connectivity index (χ3v) is 3.08. The molecule has 6 heteroatoms. The number of aryl methyl sites for hydroxylation is 1. The summed E-state index contributed by atoms with van der Waals surface area (Å²) < 4.78 is 1.72. The zero-order valence-electron chi connectivity index (χ0n) is 13.0. The minimum absolute atomic E-state index is 0.0108. The summed E-state index contributed by atoms with van der Waals surface area (Å²) in [5.74, 6) is 0.895. The van der Waals surface area contributed by atoms with E-state index >= 15 is 0 Å². The van der Waals surface area contributed by atoms with Crippen LogP contribution in [0.15, 0.2) is 6.20 Å². The molecular weight excluding hydrogens is 254 g/mol. The Morgan fingerprint density at radius 2 is 2.05 bits per heavy atom. The van der Waals surface area contributed by atoms with Gasteiger partial charge in [0.15, 0.2) is 5.69 Å². The van der Waals surface area contributed by atoms with E-state index in [0.29, 0.717) is 24.1 Å². The zero-order chi connectivity index (χ0) is 15.1. The maximum Gasteiger partial charge on any atom is 0.273 e. The van der Waals surface area contributed by atoms with Crippen LogP contribution in [0.1, 0.15) is 51.0 Å². The average molecular weight is 281 g/mol. The number of carbonyl (C=O) groups is 1. The molecule has 0 saturated heterocycles. The molecule has 0 aliphatic rings. The summed E-state index contributed by atoms with van der Waals surface area (Å²) in [6.07, 6.45) is 3.58. The van der Waals surface area contributed by atoms with Gasteiger partial charge in [0.05, 0.1) is 6.20 Å². The SMILES string of the molecule is CC(C)CCn1cc(C(=O)NC(CN)CC(C)C)nn1. The van der Waals surface area contributed by atoms with E-state index in [1.54, 1.807) is 10.9 Å². The van der Waals surface area contributed by atoms with Crippen LogP contribution in [0.2, 0.25) is 0 Å². The van der Waals surface area contributed by atoms with Crippen LogP contribution in [0.5, 0.6) is 0 Å². The first kappa shape index (κ1) is 16.6. The average Bonchev–Trinajstić information content (AvgIpc) is 2.83. The molecule has 1 atom stereocenters. The predicted octanol–water partition coefficient (Wildman–Crippen LogP) is 1.43. The molecule has 1 aromatic rings. The van der Waals surface area contributed by atoms with Crippen molar-refractivity contribution in [2.24, 2.45) is 17.6 Å². The monoisotopic (exact) mass is 281 g/mol. The van der Waals surface area contributed by atoms with E-state index in [0.717, 1.165) is 19.4 Å². The quantitative estimate of drug-likeness (QED) is 0.754. The van der Waals surface area contributed by atoms with Crippen LogP contribution in [0.25, 0.3) is 0 Å². The van der Waals surface area contributed by atoms with Crippen LogP contribution < -0.4 is 11.1 Å². The highest BCUT2D eigenvalue weighted by atomic mass is 16.2. The molecule has 1 aromatic heterocycles. The lowest BCUT2D eigenvalue weighted by Gasteiger charge is -2.17. The smallest absolute Gasteiger partial charge is 0.273 e. The summed E-state index contributed by atoms with van der Waals surface area (Å²) in [6.45, 7) is 9.74. The van der Waals surface area contributed by atoms with E-state index in [9.17, 15) is 4.79 Å². The molecule has 1 unspecified atom stereocenters. The third-order valence-electron chi connectivity index (χ3n) is 3.08. The number of nitrogens with zero attached hydrogens (tertiary/aromatic N) is 3. The number of carbonyl (C=O) groups excluding carboxylic acids is 1. The molecule has 0 saturated carbocycles. The van der Waals surface area contributed by atoms with Gasteiger partial charge in [0, 0.05) is 19.1 Å². The predicted molar refractivity (Wildman–Crippen MR) is 79.2 cm³/mol. The van der Waals surface area contributed by atoms with Crippen LogP contribution in [-0.4, -0.2) is 33.5 Å². The summed E-state index contributed by atoms with van der Waals surface area (Å²) >= 11 is 0. The largest absolute Gasteiger partial charge is 0.347 e. The minimum Gasteiger partial charge on any atom is -0.347 e. The molecule has 0 spiro atoms. The Kier molecular flexibility index (Phi) is 6.64. The second-order valence-corrected chi connectivity index (χ2v) is 6.09. The van der Waals surface area contributed by atoms with E-state index in [1.165, 1.54) is 0 Å². The number of nitrogens with two attached hydrogens (primary N) is 1. The molecule has 1 heterocycles. The van der Waals surface area contributed by atoms with Gasteiger partial charge in [-0.3, -0.25) is 9.48 Å². The van der Waals surface area contributed by atoms with Gasteiger partial charge in [-0.05, 0) is 24.7 Å². The fourth-order valence-corrected chi connectivity index (χ4v) is 1.94. The first-order valence-corrected chi connectivity index (χ1v) is 7.33. The molecule has 1 amide bonds. The van der Waals surface area contributed by atoms with Gasteiger partial charge in [0.25, 0.3) is 5.91 Å². The van der Waals surface area contributed by atoms with Crippen molar-refractivity contribution in [3.05, 3.63) is 11.9 Å². The van der Waals surface area contributed by atoms with Crippen LogP contribution in [-0.2, 0) is 6.54 Å². The topological polar surface area (TPSA) is 85.8 Å². The summed E-state index contributed by atoms with van der Waals surface area (Å²) in [4.78, 5) is 12.1. The van der Waals surface area contributed by atoms with Crippen molar-refractivity contribution in [1.82, 2.24) is 20.3 Å². The van der Waals surface area contributed by atoms with Gasteiger partial charge in [-0.25, -0.2) is 0 Å². The molecule has 0 radical (unpaired) electrons.